The summed E-state index contributed by atoms with van der Waals surface area (Å²) in [5, 5.41) is 3.05. The summed E-state index contributed by atoms with van der Waals surface area (Å²) < 4.78 is 0. The first-order valence-corrected chi connectivity index (χ1v) is 6.99. The predicted octanol–water partition coefficient (Wildman–Crippen LogP) is 2.98. The molecule has 1 fully saturated rings. The second-order valence-corrected chi connectivity index (χ2v) is 5.34. The van der Waals surface area contributed by atoms with Crippen molar-refractivity contribution >= 4 is 17.7 Å². The molecular weight excluding hydrogens is 236 g/mol. The third kappa shape index (κ3) is 4.12. The van der Waals surface area contributed by atoms with Gasteiger partial charge in [-0.3, -0.25) is 4.79 Å². The van der Waals surface area contributed by atoms with E-state index in [9.17, 15) is 4.79 Å². The average molecular weight is 258 g/mol. The molecule has 1 aliphatic carbocycles. The number of hydrogen-bond donors (Lipinski definition) is 2. The summed E-state index contributed by atoms with van der Waals surface area (Å²) in [5.41, 5.74) is 7.33. The summed E-state index contributed by atoms with van der Waals surface area (Å²) >= 11 is 0. The summed E-state index contributed by atoms with van der Waals surface area (Å²) in [4.78, 5) is 11.8. The number of benzene rings is 1. The molecule has 1 atom stereocenters. The number of anilines is 1. The van der Waals surface area contributed by atoms with E-state index in [1.54, 1.807) is 6.08 Å². The van der Waals surface area contributed by atoms with E-state index in [2.05, 4.69) is 12.2 Å². The zero-order valence-corrected chi connectivity index (χ0v) is 11.4. The lowest BCUT2D eigenvalue weighted by Crippen LogP contribution is -2.36. The maximum atomic E-state index is 11.8. The van der Waals surface area contributed by atoms with Crippen LogP contribution in [-0.4, -0.2) is 11.9 Å². The monoisotopic (exact) mass is 258 g/mol. The summed E-state index contributed by atoms with van der Waals surface area (Å²) in [6.07, 6.45) is 8.48. The largest absolute Gasteiger partial charge is 0.399 e. The summed E-state index contributed by atoms with van der Waals surface area (Å²) in [6, 6.07) is 7.74. The lowest BCUT2D eigenvalue weighted by Gasteiger charge is -2.19. The molecule has 0 spiro atoms. The highest BCUT2D eigenvalue weighted by Crippen LogP contribution is 2.27. The van der Waals surface area contributed by atoms with E-state index in [1.165, 1.54) is 25.7 Å². The summed E-state index contributed by atoms with van der Waals surface area (Å²) in [5.74, 6) is 0.630. The molecule has 0 heterocycles. The first-order valence-electron chi connectivity index (χ1n) is 6.99. The van der Waals surface area contributed by atoms with Crippen LogP contribution in [0.2, 0.25) is 0 Å². The van der Waals surface area contributed by atoms with E-state index in [1.807, 2.05) is 30.3 Å². The Kier molecular flexibility index (Phi) is 4.61. The second kappa shape index (κ2) is 6.41. The molecule has 0 aromatic heterocycles. The van der Waals surface area contributed by atoms with Crippen LogP contribution < -0.4 is 11.1 Å². The summed E-state index contributed by atoms with van der Waals surface area (Å²) in [6.45, 7) is 2.10. The van der Waals surface area contributed by atoms with Gasteiger partial charge >= 0.3 is 0 Å². The predicted molar refractivity (Wildman–Crippen MR) is 79.5 cm³/mol. The Balaban J connectivity index is 1.84. The van der Waals surface area contributed by atoms with Crippen molar-refractivity contribution in [1.82, 2.24) is 5.32 Å². The molecule has 2 rings (SSSR count). The van der Waals surface area contributed by atoms with Gasteiger partial charge in [-0.1, -0.05) is 25.0 Å². The highest BCUT2D eigenvalue weighted by Gasteiger charge is 2.21. The Labute approximate surface area is 114 Å². The Morgan fingerprint density at radius 1 is 1.32 bits per heavy atom. The average Bonchev–Trinajstić information content (AvgIpc) is 2.92. The minimum Gasteiger partial charge on any atom is -0.399 e. The number of nitrogens with one attached hydrogen (secondary N) is 1. The van der Waals surface area contributed by atoms with Gasteiger partial charge < -0.3 is 11.1 Å². The topological polar surface area (TPSA) is 55.1 Å². The van der Waals surface area contributed by atoms with Gasteiger partial charge in [-0.15, -0.1) is 0 Å². The van der Waals surface area contributed by atoms with Crippen LogP contribution in [0.3, 0.4) is 0 Å². The van der Waals surface area contributed by atoms with Crippen molar-refractivity contribution in [3.05, 3.63) is 35.9 Å². The fraction of sp³-hybridized carbons (Fsp3) is 0.438. The normalized spacial score (nSPS) is 17.7. The van der Waals surface area contributed by atoms with Gasteiger partial charge in [0.2, 0.25) is 5.91 Å². The van der Waals surface area contributed by atoms with Crippen LogP contribution in [0, 0.1) is 5.92 Å². The van der Waals surface area contributed by atoms with Crippen molar-refractivity contribution in [2.75, 3.05) is 5.73 Å². The van der Waals surface area contributed by atoms with Gasteiger partial charge in [0, 0.05) is 17.8 Å². The Morgan fingerprint density at radius 2 is 1.95 bits per heavy atom. The van der Waals surface area contributed by atoms with Crippen LogP contribution in [0.4, 0.5) is 5.69 Å². The minimum absolute atomic E-state index is 0.0174. The number of carbonyl (C=O) groups excluding carboxylic acids is 1. The third-order valence-corrected chi connectivity index (χ3v) is 3.84. The number of carbonyl (C=O) groups is 1. The van der Waals surface area contributed by atoms with E-state index in [0.29, 0.717) is 5.92 Å². The second-order valence-electron chi connectivity index (χ2n) is 5.34. The van der Waals surface area contributed by atoms with Crippen molar-refractivity contribution in [2.24, 2.45) is 5.92 Å². The van der Waals surface area contributed by atoms with Crippen LogP contribution >= 0.6 is 0 Å². The molecule has 1 aromatic carbocycles. The minimum atomic E-state index is -0.0174. The molecule has 1 saturated carbocycles. The first kappa shape index (κ1) is 13.7. The standard InChI is InChI=1S/C16H22N2O/c1-12(14-4-2-3-5-14)18-16(19)11-8-13-6-9-15(17)10-7-13/h6-12,14H,2-5,17H2,1H3,(H,18,19)/b11-8+. The van der Waals surface area contributed by atoms with E-state index >= 15 is 0 Å². The summed E-state index contributed by atoms with van der Waals surface area (Å²) in [7, 11) is 0. The maximum Gasteiger partial charge on any atom is 0.244 e. The molecule has 1 aliphatic rings. The van der Waals surface area contributed by atoms with Gasteiger partial charge in [-0.25, -0.2) is 0 Å². The molecule has 1 amide bonds. The number of hydrogen-bond acceptors (Lipinski definition) is 2. The van der Waals surface area contributed by atoms with Crippen LogP contribution in [0.5, 0.6) is 0 Å². The molecule has 3 heteroatoms. The molecule has 0 radical (unpaired) electrons. The lowest BCUT2D eigenvalue weighted by molar-refractivity contribution is -0.117. The molecule has 0 aliphatic heterocycles. The molecule has 1 unspecified atom stereocenters. The van der Waals surface area contributed by atoms with E-state index in [-0.39, 0.29) is 11.9 Å². The van der Waals surface area contributed by atoms with Gasteiger partial charge in [0.25, 0.3) is 0 Å². The lowest BCUT2D eigenvalue weighted by atomic mass is 10.00. The fourth-order valence-electron chi connectivity index (χ4n) is 2.63. The van der Waals surface area contributed by atoms with Crippen LogP contribution in [0.15, 0.2) is 30.3 Å². The number of nitrogens with two attached hydrogens (primary N) is 1. The molecule has 102 valence electrons. The molecule has 0 saturated heterocycles. The highest BCUT2D eigenvalue weighted by molar-refractivity contribution is 5.91. The van der Waals surface area contributed by atoms with Gasteiger partial charge in [-0.05, 0) is 49.5 Å². The SMILES string of the molecule is CC(NC(=O)/C=C/c1ccc(N)cc1)C1CCCC1. The van der Waals surface area contributed by atoms with E-state index in [4.69, 9.17) is 5.73 Å². The molecule has 0 bridgehead atoms. The quantitative estimate of drug-likeness (QED) is 0.644. The maximum absolute atomic E-state index is 11.8. The molecule has 3 nitrogen and oxygen atoms in total. The van der Waals surface area contributed by atoms with Crippen molar-refractivity contribution in [3.8, 4) is 0 Å². The molecule has 19 heavy (non-hydrogen) atoms. The van der Waals surface area contributed by atoms with Crippen molar-refractivity contribution in [2.45, 2.75) is 38.6 Å². The van der Waals surface area contributed by atoms with Crippen LogP contribution in [-0.2, 0) is 4.79 Å². The molecule has 1 aromatic rings. The zero-order valence-electron chi connectivity index (χ0n) is 11.4. The highest BCUT2D eigenvalue weighted by atomic mass is 16.1. The van der Waals surface area contributed by atoms with E-state index < -0.39 is 0 Å². The Bertz CT molecular complexity index is 444. The van der Waals surface area contributed by atoms with Crippen molar-refractivity contribution < 1.29 is 4.79 Å². The zero-order chi connectivity index (χ0) is 13.7. The number of nitrogen functional groups attached to an aromatic ring is 1. The van der Waals surface area contributed by atoms with Gasteiger partial charge in [-0.2, -0.15) is 0 Å². The van der Waals surface area contributed by atoms with Gasteiger partial charge in [0.15, 0.2) is 0 Å². The first-order chi connectivity index (χ1) is 9.15. The third-order valence-electron chi connectivity index (χ3n) is 3.84. The fourth-order valence-corrected chi connectivity index (χ4v) is 2.63. The number of rotatable bonds is 4. The van der Waals surface area contributed by atoms with E-state index in [0.717, 1.165) is 11.3 Å². The molecule has 3 N–H and O–H groups in total. The molecular formula is C16H22N2O. The Morgan fingerprint density at radius 3 is 2.58 bits per heavy atom. The van der Waals surface area contributed by atoms with Crippen LogP contribution in [0.25, 0.3) is 6.08 Å². The van der Waals surface area contributed by atoms with Crippen molar-refractivity contribution in [3.63, 3.8) is 0 Å². The van der Waals surface area contributed by atoms with Gasteiger partial charge in [0.1, 0.15) is 0 Å². The Hall–Kier alpha value is -1.77. The van der Waals surface area contributed by atoms with Crippen LogP contribution in [0.1, 0.15) is 38.2 Å². The number of amides is 1. The van der Waals surface area contributed by atoms with Crippen molar-refractivity contribution in [1.29, 1.82) is 0 Å². The van der Waals surface area contributed by atoms with Gasteiger partial charge in [0.05, 0.1) is 0 Å². The smallest absolute Gasteiger partial charge is 0.244 e.